The number of ether oxygens (including phenoxy) is 2. The van der Waals surface area contributed by atoms with Crippen molar-refractivity contribution in [2.24, 2.45) is 5.92 Å². The van der Waals surface area contributed by atoms with Gasteiger partial charge in [-0.2, -0.15) is 0 Å². The molecule has 1 unspecified atom stereocenters. The molecule has 0 aliphatic heterocycles. The van der Waals surface area contributed by atoms with Crippen LogP contribution in [0.15, 0.2) is 24.3 Å². The average Bonchev–Trinajstić information content (AvgIpc) is 2.40. The van der Waals surface area contributed by atoms with Crippen molar-refractivity contribution in [3.8, 4) is 5.75 Å². The van der Waals surface area contributed by atoms with Crippen LogP contribution in [0.5, 0.6) is 5.75 Å². The Hall–Kier alpha value is -2.08. The number of aliphatic hydroxyl groups is 1. The van der Waals surface area contributed by atoms with Gasteiger partial charge in [-0.25, -0.2) is 0 Å². The van der Waals surface area contributed by atoms with Crippen LogP contribution >= 0.6 is 0 Å². The normalized spacial score (nSPS) is 12.0. The molecule has 20 heavy (non-hydrogen) atoms. The molecule has 1 atom stereocenters. The second-order valence-electron chi connectivity index (χ2n) is 4.02. The van der Waals surface area contributed by atoms with E-state index in [2.05, 4.69) is 0 Å². The molecule has 0 aliphatic rings. The topological polar surface area (TPSA) is 93.1 Å². The van der Waals surface area contributed by atoms with Gasteiger partial charge in [0.05, 0.1) is 13.2 Å². The predicted octanol–water partition coefficient (Wildman–Crippen LogP) is 1.17. The van der Waals surface area contributed by atoms with Crippen LogP contribution in [0, 0.1) is 5.92 Å². The number of rotatable bonds is 6. The molecule has 1 aromatic rings. The number of hydrogen-bond donors (Lipinski definition) is 2. The molecule has 0 saturated carbocycles. The van der Waals surface area contributed by atoms with E-state index in [9.17, 15) is 19.8 Å². The van der Waals surface area contributed by atoms with E-state index in [-0.39, 0.29) is 19.0 Å². The lowest BCUT2D eigenvalue weighted by atomic mass is 9.95. The van der Waals surface area contributed by atoms with E-state index in [0.717, 1.165) is 0 Å². The SMILES string of the molecule is CCOC(=O)C(C(=O)OCC)C(O)c1ccc(O)cc1. The third kappa shape index (κ3) is 3.96. The zero-order valence-electron chi connectivity index (χ0n) is 11.4. The number of esters is 2. The molecule has 2 N–H and O–H groups in total. The van der Waals surface area contributed by atoms with Crippen molar-refractivity contribution in [3.05, 3.63) is 29.8 Å². The highest BCUT2D eigenvalue weighted by Gasteiger charge is 2.37. The Morgan fingerprint density at radius 2 is 1.50 bits per heavy atom. The maximum Gasteiger partial charge on any atom is 0.323 e. The van der Waals surface area contributed by atoms with Gasteiger partial charge >= 0.3 is 11.9 Å². The van der Waals surface area contributed by atoms with Crippen LogP contribution in [0.3, 0.4) is 0 Å². The molecule has 0 spiro atoms. The first-order valence-corrected chi connectivity index (χ1v) is 6.31. The van der Waals surface area contributed by atoms with Crippen LogP contribution < -0.4 is 0 Å². The van der Waals surface area contributed by atoms with Crippen LogP contribution in [0.4, 0.5) is 0 Å². The molecule has 0 bridgehead atoms. The van der Waals surface area contributed by atoms with Crippen LogP contribution in [0.2, 0.25) is 0 Å². The molecule has 0 aliphatic carbocycles. The molecule has 0 amide bonds. The summed E-state index contributed by atoms with van der Waals surface area (Å²) in [6, 6.07) is 5.55. The highest BCUT2D eigenvalue weighted by atomic mass is 16.6. The Labute approximate surface area is 116 Å². The largest absolute Gasteiger partial charge is 0.508 e. The molecule has 0 fully saturated rings. The molecule has 6 heteroatoms. The molecular formula is C14H18O6. The van der Waals surface area contributed by atoms with Gasteiger partial charge in [-0.15, -0.1) is 0 Å². The van der Waals surface area contributed by atoms with Gasteiger partial charge in [0.1, 0.15) is 11.9 Å². The van der Waals surface area contributed by atoms with Gasteiger partial charge in [-0.1, -0.05) is 12.1 Å². The summed E-state index contributed by atoms with van der Waals surface area (Å²) in [5, 5.41) is 19.4. The fraction of sp³-hybridized carbons (Fsp3) is 0.429. The van der Waals surface area contributed by atoms with Crippen molar-refractivity contribution in [3.63, 3.8) is 0 Å². The second-order valence-corrected chi connectivity index (χ2v) is 4.02. The number of carbonyl (C=O) groups is 2. The third-order valence-electron chi connectivity index (χ3n) is 2.63. The maximum atomic E-state index is 11.8. The van der Waals surface area contributed by atoms with Gasteiger partial charge in [0, 0.05) is 0 Å². The number of benzene rings is 1. The molecule has 0 saturated heterocycles. The van der Waals surface area contributed by atoms with Crippen molar-refractivity contribution < 1.29 is 29.3 Å². The minimum absolute atomic E-state index is 0.0183. The van der Waals surface area contributed by atoms with Crippen molar-refractivity contribution in [1.29, 1.82) is 0 Å². The van der Waals surface area contributed by atoms with Gasteiger partial charge in [-0.3, -0.25) is 9.59 Å². The first-order valence-electron chi connectivity index (χ1n) is 6.31. The van der Waals surface area contributed by atoms with Gasteiger partial charge in [0.2, 0.25) is 0 Å². The van der Waals surface area contributed by atoms with Gasteiger partial charge < -0.3 is 19.7 Å². The number of aromatic hydroxyl groups is 1. The highest BCUT2D eigenvalue weighted by Crippen LogP contribution is 2.26. The Morgan fingerprint density at radius 3 is 1.90 bits per heavy atom. The molecule has 6 nitrogen and oxygen atoms in total. The van der Waals surface area contributed by atoms with E-state index in [4.69, 9.17) is 9.47 Å². The Bertz CT molecular complexity index is 435. The molecule has 1 aromatic carbocycles. The summed E-state index contributed by atoms with van der Waals surface area (Å²) in [7, 11) is 0. The first kappa shape index (κ1) is 16.0. The number of aliphatic hydroxyl groups excluding tert-OH is 1. The number of carbonyl (C=O) groups excluding carboxylic acids is 2. The fourth-order valence-corrected chi connectivity index (χ4v) is 1.68. The number of phenolic OH excluding ortho intramolecular Hbond substituents is 1. The van der Waals surface area contributed by atoms with E-state index < -0.39 is 24.0 Å². The van der Waals surface area contributed by atoms with Crippen LogP contribution in [0.1, 0.15) is 25.5 Å². The summed E-state index contributed by atoms with van der Waals surface area (Å²) in [6.45, 7) is 3.40. The summed E-state index contributed by atoms with van der Waals surface area (Å²) >= 11 is 0. The number of hydrogen-bond acceptors (Lipinski definition) is 6. The van der Waals surface area contributed by atoms with E-state index in [1.165, 1.54) is 24.3 Å². The predicted molar refractivity (Wildman–Crippen MR) is 69.8 cm³/mol. The van der Waals surface area contributed by atoms with Crippen LogP contribution in [-0.2, 0) is 19.1 Å². The molecule has 0 aromatic heterocycles. The lowest BCUT2D eigenvalue weighted by Gasteiger charge is -2.20. The van der Waals surface area contributed by atoms with Gasteiger partial charge in [0.15, 0.2) is 5.92 Å². The quantitative estimate of drug-likeness (QED) is 0.601. The minimum Gasteiger partial charge on any atom is -0.508 e. The van der Waals surface area contributed by atoms with Crippen molar-refractivity contribution in [2.45, 2.75) is 20.0 Å². The second kappa shape index (κ2) is 7.49. The average molecular weight is 282 g/mol. The first-order chi connectivity index (χ1) is 9.51. The Kier molecular flexibility index (Phi) is 5.99. The number of phenols is 1. The smallest absolute Gasteiger partial charge is 0.323 e. The molecule has 0 radical (unpaired) electrons. The van der Waals surface area contributed by atoms with E-state index in [0.29, 0.717) is 5.56 Å². The molecule has 1 rings (SSSR count). The zero-order valence-corrected chi connectivity index (χ0v) is 11.4. The van der Waals surface area contributed by atoms with E-state index in [1.807, 2.05) is 0 Å². The molecule has 0 heterocycles. The summed E-state index contributed by atoms with van der Waals surface area (Å²) < 4.78 is 9.58. The summed E-state index contributed by atoms with van der Waals surface area (Å²) in [5.74, 6) is -3.11. The van der Waals surface area contributed by atoms with Crippen molar-refractivity contribution in [2.75, 3.05) is 13.2 Å². The van der Waals surface area contributed by atoms with Gasteiger partial charge in [0.25, 0.3) is 0 Å². The van der Waals surface area contributed by atoms with E-state index >= 15 is 0 Å². The van der Waals surface area contributed by atoms with E-state index in [1.54, 1.807) is 13.8 Å². The van der Waals surface area contributed by atoms with Gasteiger partial charge in [-0.05, 0) is 31.5 Å². The van der Waals surface area contributed by atoms with Crippen molar-refractivity contribution >= 4 is 11.9 Å². The lowest BCUT2D eigenvalue weighted by molar-refractivity contribution is -0.167. The molecular weight excluding hydrogens is 264 g/mol. The Balaban J connectivity index is 2.99. The maximum absolute atomic E-state index is 11.8. The summed E-state index contributed by atoms with van der Waals surface area (Å²) in [4.78, 5) is 23.6. The van der Waals surface area contributed by atoms with Crippen LogP contribution in [-0.4, -0.2) is 35.4 Å². The summed E-state index contributed by atoms with van der Waals surface area (Å²) in [5.41, 5.74) is 0.314. The Morgan fingerprint density at radius 1 is 1.05 bits per heavy atom. The standard InChI is InChI=1S/C14H18O6/c1-3-19-13(17)11(14(18)20-4-2)12(16)9-5-7-10(15)8-6-9/h5-8,11-12,15-16H,3-4H2,1-2H3. The lowest BCUT2D eigenvalue weighted by Crippen LogP contribution is -2.33. The summed E-state index contributed by atoms with van der Waals surface area (Å²) in [6.07, 6.45) is -1.39. The zero-order chi connectivity index (χ0) is 15.1. The van der Waals surface area contributed by atoms with Crippen LogP contribution in [0.25, 0.3) is 0 Å². The minimum atomic E-state index is -1.44. The highest BCUT2D eigenvalue weighted by molar-refractivity contribution is 5.95. The third-order valence-corrected chi connectivity index (χ3v) is 2.63. The van der Waals surface area contributed by atoms with Crippen molar-refractivity contribution in [1.82, 2.24) is 0 Å². The molecule has 110 valence electrons. The monoisotopic (exact) mass is 282 g/mol. The fourth-order valence-electron chi connectivity index (χ4n) is 1.68.